The Labute approximate surface area is 128 Å². The lowest BCUT2D eigenvalue weighted by Crippen LogP contribution is -2.34. The van der Waals surface area contributed by atoms with Gasteiger partial charge >= 0.3 is 0 Å². The first-order valence-corrected chi connectivity index (χ1v) is 8.22. The Morgan fingerprint density at radius 2 is 2.00 bits per heavy atom. The van der Waals surface area contributed by atoms with Crippen LogP contribution in [0.25, 0.3) is 0 Å². The highest BCUT2D eigenvalue weighted by atomic mass is 35.5. The van der Waals surface area contributed by atoms with Crippen molar-refractivity contribution in [1.82, 2.24) is 4.90 Å². The minimum Gasteiger partial charge on any atom is -0.494 e. The quantitative estimate of drug-likeness (QED) is 0.681. The molecule has 0 amide bonds. The van der Waals surface area contributed by atoms with Crippen LogP contribution in [-0.2, 0) is 0 Å². The smallest absolute Gasteiger partial charge is 0.119 e. The molecule has 0 spiro atoms. The van der Waals surface area contributed by atoms with E-state index in [2.05, 4.69) is 11.8 Å². The van der Waals surface area contributed by atoms with Crippen LogP contribution in [0, 0.1) is 5.92 Å². The van der Waals surface area contributed by atoms with Crippen molar-refractivity contribution in [3.05, 3.63) is 29.3 Å². The van der Waals surface area contributed by atoms with Gasteiger partial charge in [0.05, 0.1) is 6.61 Å². The van der Waals surface area contributed by atoms with Crippen LogP contribution in [0.4, 0.5) is 0 Å². The molecule has 1 unspecified atom stereocenters. The Kier molecular flexibility index (Phi) is 6.68. The van der Waals surface area contributed by atoms with Crippen molar-refractivity contribution in [3.63, 3.8) is 0 Å². The second-order valence-corrected chi connectivity index (χ2v) is 6.35. The van der Waals surface area contributed by atoms with Gasteiger partial charge in [-0.1, -0.05) is 18.5 Å². The third-order valence-electron chi connectivity index (χ3n) is 3.94. The average Bonchev–Trinajstić information content (AvgIpc) is 2.45. The number of halogens is 1. The van der Waals surface area contributed by atoms with E-state index in [0.717, 1.165) is 29.7 Å². The number of rotatable bonds is 7. The van der Waals surface area contributed by atoms with Gasteiger partial charge in [-0.3, -0.25) is 0 Å². The van der Waals surface area contributed by atoms with Gasteiger partial charge in [0.2, 0.25) is 0 Å². The zero-order valence-electron chi connectivity index (χ0n) is 12.5. The molecule has 2 nitrogen and oxygen atoms in total. The summed E-state index contributed by atoms with van der Waals surface area (Å²) in [4.78, 5) is 2.62. The number of benzene rings is 1. The second kappa shape index (κ2) is 8.53. The first-order chi connectivity index (χ1) is 9.74. The number of ether oxygens (including phenoxy) is 1. The Hall–Kier alpha value is -0.730. The molecule has 0 bridgehead atoms. The van der Waals surface area contributed by atoms with E-state index in [1.54, 1.807) is 0 Å². The summed E-state index contributed by atoms with van der Waals surface area (Å²) in [7, 11) is 0. The monoisotopic (exact) mass is 295 g/mol. The van der Waals surface area contributed by atoms with E-state index in [1.165, 1.54) is 45.3 Å². The van der Waals surface area contributed by atoms with Crippen LogP contribution < -0.4 is 4.74 Å². The topological polar surface area (TPSA) is 12.5 Å². The number of hydrogen-bond acceptors (Lipinski definition) is 2. The van der Waals surface area contributed by atoms with E-state index in [-0.39, 0.29) is 0 Å². The van der Waals surface area contributed by atoms with E-state index < -0.39 is 0 Å². The van der Waals surface area contributed by atoms with Gasteiger partial charge in [0.1, 0.15) is 5.75 Å². The highest BCUT2D eigenvalue weighted by molar-refractivity contribution is 6.30. The first-order valence-electron chi connectivity index (χ1n) is 7.85. The maximum atomic E-state index is 5.84. The van der Waals surface area contributed by atoms with Crippen molar-refractivity contribution < 1.29 is 4.74 Å². The predicted octanol–water partition coefficient (Wildman–Crippen LogP) is 4.62. The molecule has 2 rings (SSSR count). The van der Waals surface area contributed by atoms with E-state index in [4.69, 9.17) is 16.3 Å². The molecule has 1 atom stereocenters. The van der Waals surface area contributed by atoms with Gasteiger partial charge < -0.3 is 9.64 Å². The third-order valence-corrected chi connectivity index (χ3v) is 4.19. The number of unbranched alkanes of at least 4 members (excludes halogenated alkanes) is 2. The number of likely N-dealkylation sites (tertiary alicyclic amines) is 1. The number of piperidine rings is 1. The standard InChI is InChI=1S/C17H26ClNO/c1-15-6-5-12-19(14-15)11-3-2-4-13-20-17-9-7-16(18)8-10-17/h7-10,15H,2-6,11-14H2,1H3. The Balaban J connectivity index is 1.50. The van der Waals surface area contributed by atoms with Crippen LogP contribution in [0.15, 0.2) is 24.3 Å². The van der Waals surface area contributed by atoms with Crippen LogP contribution in [0.5, 0.6) is 5.75 Å². The second-order valence-electron chi connectivity index (χ2n) is 5.91. The highest BCUT2D eigenvalue weighted by Gasteiger charge is 2.15. The van der Waals surface area contributed by atoms with Crippen molar-refractivity contribution in [2.75, 3.05) is 26.2 Å². The SMILES string of the molecule is CC1CCCN(CCCCCOc2ccc(Cl)cc2)C1. The molecule has 1 aliphatic heterocycles. The average molecular weight is 296 g/mol. The first kappa shape index (κ1) is 15.7. The summed E-state index contributed by atoms with van der Waals surface area (Å²) >= 11 is 5.84. The molecule has 1 fully saturated rings. The summed E-state index contributed by atoms with van der Waals surface area (Å²) in [5.41, 5.74) is 0. The molecule has 20 heavy (non-hydrogen) atoms. The fraction of sp³-hybridized carbons (Fsp3) is 0.647. The normalized spacial score (nSPS) is 20.0. The summed E-state index contributed by atoms with van der Waals surface area (Å²) in [6.07, 6.45) is 6.45. The molecule has 1 aliphatic rings. The molecule has 0 aliphatic carbocycles. The highest BCUT2D eigenvalue weighted by Crippen LogP contribution is 2.17. The van der Waals surface area contributed by atoms with Gasteiger partial charge in [-0.15, -0.1) is 0 Å². The minimum atomic E-state index is 0.758. The van der Waals surface area contributed by atoms with E-state index >= 15 is 0 Å². The van der Waals surface area contributed by atoms with E-state index in [0.29, 0.717) is 0 Å². The van der Waals surface area contributed by atoms with Gasteiger partial charge in [0.25, 0.3) is 0 Å². The Bertz CT molecular complexity index is 379. The summed E-state index contributed by atoms with van der Waals surface area (Å²) in [6, 6.07) is 7.59. The van der Waals surface area contributed by atoms with Gasteiger partial charge in [-0.25, -0.2) is 0 Å². The van der Waals surface area contributed by atoms with E-state index in [9.17, 15) is 0 Å². The molecule has 112 valence electrons. The van der Waals surface area contributed by atoms with Gasteiger partial charge in [-0.05, 0) is 75.4 Å². The maximum Gasteiger partial charge on any atom is 0.119 e. The van der Waals surface area contributed by atoms with Crippen molar-refractivity contribution >= 4 is 11.6 Å². The summed E-state index contributed by atoms with van der Waals surface area (Å²) < 4.78 is 5.70. The summed E-state index contributed by atoms with van der Waals surface area (Å²) in [5.74, 6) is 1.80. The molecule has 3 heteroatoms. The summed E-state index contributed by atoms with van der Waals surface area (Å²) in [6.45, 7) is 7.02. The third kappa shape index (κ3) is 5.72. The van der Waals surface area contributed by atoms with Crippen LogP contribution in [0.3, 0.4) is 0 Å². The zero-order chi connectivity index (χ0) is 14.2. The molecule has 1 aromatic carbocycles. The van der Waals surface area contributed by atoms with Crippen LogP contribution >= 0.6 is 11.6 Å². The number of hydrogen-bond donors (Lipinski definition) is 0. The lowest BCUT2D eigenvalue weighted by Gasteiger charge is -2.30. The lowest BCUT2D eigenvalue weighted by atomic mass is 10.00. The zero-order valence-corrected chi connectivity index (χ0v) is 13.2. The molecule has 0 radical (unpaired) electrons. The van der Waals surface area contributed by atoms with E-state index in [1.807, 2.05) is 24.3 Å². The van der Waals surface area contributed by atoms with Crippen LogP contribution in [0.1, 0.15) is 39.0 Å². The lowest BCUT2D eigenvalue weighted by molar-refractivity contribution is 0.179. The molecule has 0 aromatic heterocycles. The fourth-order valence-electron chi connectivity index (χ4n) is 2.82. The maximum absolute atomic E-state index is 5.84. The molecule has 1 saturated heterocycles. The Morgan fingerprint density at radius 3 is 2.75 bits per heavy atom. The van der Waals surface area contributed by atoms with Crippen LogP contribution in [-0.4, -0.2) is 31.1 Å². The molecular weight excluding hydrogens is 270 g/mol. The largest absolute Gasteiger partial charge is 0.494 e. The molecule has 0 N–H and O–H groups in total. The van der Waals surface area contributed by atoms with Gasteiger partial charge in [0.15, 0.2) is 0 Å². The molecular formula is C17H26ClNO. The van der Waals surface area contributed by atoms with Crippen molar-refractivity contribution in [3.8, 4) is 5.75 Å². The Morgan fingerprint density at radius 1 is 1.20 bits per heavy atom. The van der Waals surface area contributed by atoms with Crippen molar-refractivity contribution in [1.29, 1.82) is 0 Å². The van der Waals surface area contributed by atoms with Crippen molar-refractivity contribution in [2.45, 2.75) is 39.0 Å². The fourth-order valence-corrected chi connectivity index (χ4v) is 2.95. The predicted molar refractivity (Wildman–Crippen MR) is 85.6 cm³/mol. The summed E-state index contributed by atoms with van der Waals surface area (Å²) in [5, 5.41) is 0.758. The van der Waals surface area contributed by atoms with Gasteiger partial charge in [0, 0.05) is 11.6 Å². The molecule has 0 saturated carbocycles. The molecule has 1 aromatic rings. The molecule has 1 heterocycles. The van der Waals surface area contributed by atoms with Gasteiger partial charge in [-0.2, -0.15) is 0 Å². The van der Waals surface area contributed by atoms with Crippen LogP contribution in [0.2, 0.25) is 5.02 Å². The minimum absolute atomic E-state index is 0.758. The number of nitrogens with zero attached hydrogens (tertiary/aromatic N) is 1. The van der Waals surface area contributed by atoms with Crippen molar-refractivity contribution in [2.24, 2.45) is 5.92 Å².